The fourth-order valence-electron chi connectivity index (χ4n) is 3.49. The molecule has 0 bridgehead atoms. The van der Waals surface area contributed by atoms with Crippen LogP contribution in [0.1, 0.15) is 53.4 Å². The molecule has 0 aliphatic heterocycles. The number of pyridine rings is 1. The van der Waals surface area contributed by atoms with Gasteiger partial charge in [0.1, 0.15) is 17.2 Å². The number of aromatic nitrogens is 1. The average molecular weight is 497 g/mol. The van der Waals surface area contributed by atoms with Gasteiger partial charge in [-0.1, -0.05) is 37.3 Å². The number of hydrogen-bond acceptors (Lipinski definition) is 5. The number of nitrogens with zero attached hydrogens (tertiary/aromatic N) is 1. The lowest BCUT2D eigenvalue weighted by molar-refractivity contribution is -0.120. The summed E-state index contributed by atoms with van der Waals surface area (Å²) in [5.74, 6) is -2.32. The van der Waals surface area contributed by atoms with E-state index in [1.807, 2.05) is 6.92 Å². The van der Waals surface area contributed by atoms with Crippen LogP contribution in [0, 0.1) is 6.92 Å². The van der Waals surface area contributed by atoms with Crippen molar-refractivity contribution in [3.63, 3.8) is 0 Å². The average Bonchev–Trinajstić information content (AvgIpc) is 2.89. The molecule has 2 amide bonds. The molecule has 0 aliphatic rings. The largest absolute Gasteiger partial charge is 0.457 e. The van der Waals surface area contributed by atoms with Crippen molar-refractivity contribution in [3.8, 4) is 11.5 Å². The van der Waals surface area contributed by atoms with Crippen molar-refractivity contribution in [2.75, 3.05) is 12.5 Å². The standard InChI is InChI=1S/C27H30F2N4O3/c1-4-27(28,29)20-13-11-19(12-14-20)7-5-10-25(34)33-32-22-8-6-9-24(18(22)2)36-21-15-16-31-23(17-21)26(35)30-3/h6,8-9,11-17,32H,4-5,7,10H2,1-3H3,(H,30,35)(H,33,34). The van der Waals surface area contributed by atoms with Gasteiger partial charge >= 0.3 is 0 Å². The van der Waals surface area contributed by atoms with Crippen molar-refractivity contribution in [2.45, 2.75) is 45.5 Å². The van der Waals surface area contributed by atoms with Gasteiger partial charge in [-0.2, -0.15) is 0 Å². The first-order chi connectivity index (χ1) is 17.2. The van der Waals surface area contributed by atoms with E-state index in [2.05, 4.69) is 21.2 Å². The zero-order valence-corrected chi connectivity index (χ0v) is 20.5. The lowest BCUT2D eigenvalue weighted by Gasteiger charge is -2.15. The quantitative estimate of drug-likeness (QED) is 0.305. The number of halogens is 2. The number of amides is 2. The predicted molar refractivity (Wildman–Crippen MR) is 134 cm³/mol. The number of alkyl halides is 2. The molecule has 0 radical (unpaired) electrons. The Bertz CT molecular complexity index is 1200. The molecule has 0 saturated carbocycles. The van der Waals surface area contributed by atoms with Gasteiger partial charge in [-0.15, -0.1) is 0 Å². The summed E-state index contributed by atoms with van der Waals surface area (Å²) in [7, 11) is 1.53. The molecule has 1 heterocycles. The van der Waals surface area contributed by atoms with Crippen LogP contribution in [0.15, 0.2) is 60.8 Å². The Morgan fingerprint density at radius 1 is 1.08 bits per heavy atom. The van der Waals surface area contributed by atoms with Crippen molar-refractivity contribution >= 4 is 17.5 Å². The Kier molecular flexibility index (Phi) is 8.94. The number of hydrazine groups is 1. The fourth-order valence-corrected chi connectivity index (χ4v) is 3.49. The summed E-state index contributed by atoms with van der Waals surface area (Å²) in [6.45, 7) is 3.30. The smallest absolute Gasteiger partial charge is 0.273 e. The molecule has 0 saturated heterocycles. The zero-order chi connectivity index (χ0) is 26.1. The van der Waals surface area contributed by atoms with E-state index < -0.39 is 5.92 Å². The van der Waals surface area contributed by atoms with Gasteiger partial charge in [-0.25, -0.2) is 8.78 Å². The van der Waals surface area contributed by atoms with E-state index in [9.17, 15) is 18.4 Å². The highest BCUT2D eigenvalue weighted by atomic mass is 19.3. The summed E-state index contributed by atoms with van der Waals surface area (Å²) in [6, 6.07) is 14.8. The number of carbonyl (C=O) groups is 2. The molecule has 0 atom stereocenters. The van der Waals surface area contributed by atoms with E-state index in [1.54, 1.807) is 42.5 Å². The molecule has 0 spiro atoms. The fraction of sp³-hybridized carbons (Fsp3) is 0.296. The third kappa shape index (κ3) is 7.00. The van der Waals surface area contributed by atoms with Crippen LogP contribution in [0.4, 0.5) is 14.5 Å². The maximum Gasteiger partial charge on any atom is 0.273 e. The highest BCUT2D eigenvalue weighted by Gasteiger charge is 2.28. The van der Waals surface area contributed by atoms with E-state index in [1.165, 1.54) is 32.3 Å². The number of anilines is 1. The SMILES string of the molecule is CCC(F)(F)c1ccc(CCCC(=O)NNc2cccc(Oc3ccnc(C(=O)NC)c3)c2C)cc1. The first kappa shape index (κ1) is 26.6. The van der Waals surface area contributed by atoms with Crippen LogP contribution in [0.5, 0.6) is 11.5 Å². The van der Waals surface area contributed by atoms with Crippen LogP contribution in [0.25, 0.3) is 0 Å². The van der Waals surface area contributed by atoms with Crippen molar-refractivity contribution in [1.29, 1.82) is 0 Å². The highest BCUT2D eigenvalue weighted by Crippen LogP contribution is 2.31. The second-order valence-corrected chi connectivity index (χ2v) is 8.27. The maximum atomic E-state index is 13.7. The number of hydrogen-bond donors (Lipinski definition) is 3. The van der Waals surface area contributed by atoms with Crippen molar-refractivity contribution in [3.05, 3.63) is 83.2 Å². The topological polar surface area (TPSA) is 92.3 Å². The van der Waals surface area contributed by atoms with Crippen molar-refractivity contribution < 1.29 is 23.1 Å². The van der Waals surface area contributed by atoms with Crippen molar-refractivity contribution in [2.24, 2.45) is 0 Å². The number of carbonyl (C=O) groups excluding carboxylic acids is 2. The molecule has 3 aromatic rings. The first-order valence-electron chi connectivity index (χ1n) is 11.7. The van der Waals surface area contributed by atoms with E-state index in [4.69, 9.17) is 4.74 Å². The molecule has 36 heavy (non-hydrogen) atoms. The van der Waals surface area contributed by atoms with Crippen molar-refractivity contribution in [1.82, 2.24) is 15.7 Å². The molecule has 3 N–H and O–H groups in total. The van der Waals surface area contributed by atoms with Crippen LogP contribution >= 0.6 is 0 Å². The molecule has 0 unspecified atom stereocenters. The van der Waals surface area contributed by atoms with Gasteiger partial charge in [-0.05, 0) is 43.5 Å². The summed E-state index contributed by atoms with van der Waals surface area (Å²) < 4.78 is 33.4. The number of nitrogens with one attached hydrogen (secondary N) is 3. The summed E-state index contributed by atoms with van der Waals surface area (Å²) in [4.78, 5) is 28.1. The molecular formula is C27H30F2N4O3. The van der Waals surface area contributed by atoms with Gasteiger partial charge < -0.3 is 10.1 Å². The molecule has 2 aromatic carbocycles. The second-order valence-electron chi connectivity index (χ2n) is 8.27. The van der Waals surface area contributed by atoms with Gasteiger partial charge in [0.05, 0.1) is 5.69 Å². The minimum atomic E-state index is -2.82. The summed E-state index contributed by atoms with van der Waals surface area (Å²) in [6.07, 6.45) is 2.71. The molecular weight excluding hydrogens is 466 g/mol. The van der Waals surface area contributed by atoms with Gasteiger partial charge in [0.15, 0.2) is 0 Å². The zero-order valence-electron chi connectivity index (χ0n) is 20.5. The van der Waals surface area contributed by atoms with Gasteiger partial charge in [0, 0.05) is 43.3 Å². The second kappa shape index (κ2) is 12.1. The number of ether oxygens (including phenoxy) is 1. The first-order valence-corrected chi connectivity index (χ1v) is 11.7. The third-order valence-electron chi connectivity index (χ3n) is 5.73. The van der Waals surface area contributed by atoms with Crippen LogP contribution in [0.3, 0.4) is 0 Å². The number of aryl methyl sites for hydroxylation is 1. The van der Waals surface area contributed by atoms with E-state index >= 15 is 0 Å². The van der Waals surface area contributed by atoms with E-state index in [-0.39, 0.29) is 35.9 Å². The molecule has 190 valence electrons. The van der Waals surface area contributed by atoms with Gasteiger partial charge in [0.25, 0.3) is 11.8 Å². The lowest BCUT2D eigenvalue weighted by atomic mass is 10.0. The molecule has 0 aliphatic carbocycles. The monoisotopic (exact) mass is 496 g/mol. The predicted octanol–water partition coefficient (Wildman–Crippen LogP) is 5.51. The molecule has 9 heteroatoms. The number of benzene rings is 2. The third-order valence-corrected chi connectivity index (χ3v) is 5.73. The summed E-state index contributed by atoms with van der Waals surface area (Å²) in [5, 5.41) is 2.52. The van der Waals surface area contributed by atoms with Gasteiger partial charge in [0.2, 0.25) is 5.91 Å². The van der Waals surface area contributed by atoms with E-state index in [0.717, 1.165) is 11.1 Å². The number of rotatable bonds is 11. The Hall–Kier alpha value is -4.01. The minimum Gasteiger partial charge on any atom is -0.457 e. The van der Waals surface area contributed by atoms with Crippen LogP contribution in [-0.2, 0) is 17.1 Å². The summed E-state index contributed by atoms with van der Waals surface area (Å²) in [5.41, 5.74) is 8.17. The molecule has 7 nitrogen and oxygen atoms in total. The van der Waals surface area contributed by atoms with Crippen LogP contribution in [0.2, 0.25) is 0 Å². The van der Waals surface area contributed by atoms with Crippen LogP contribution in [-0.4, -0.2) is 23.8 Å². The Labute approximate surface area is 209 Å². The van der Waals surface area contributed by atoms with Gasteiger partial charge in [-0.3, -0.25) is 25.4 Å². The highest BCUT2D eigenvalue weighted by molar-refractivity contribution is 5.92. The summed E-state index contributed by atoms with van der Waals surface area (Å²) >= 11 is 0. The minimum absolute atomic E-state index is 0.00750. The maximum absolute atomic E-state index is 13.7. The Balaban J connectivity index is 1.51. The Morgan fingerprint density at radius 2 is 1.83 bits per heavy atom. The van der Waals surface area contributed by atoms with E-state index in [0.29, 0.717) is 30.0 Å². The molecule has 1 aromatic heterocycles. The lowest BCUT2D eigenvalue weighted by Crippen LogP contribution is -2.29. The molecule has 3 rings (SSSR count). The Morgan fingerprint density at radius 3 is 2.53 bits per heavy atom. The molecule has 0 fully saturated rings. The normalized spacial score (nSPS) is 11.0. The van der Waals surface area contributed by atoms with Crippen LogP contribution < -0.4 is 20.9 Å².